The van der Waals surface area contributed by atoms with Gasteiger partial charge >= 0.3 is 0 Å². The van der Waals surface area contributed by atoms with E-state index in [9.17, 15) is 0 Å². The second kappa shape index (κ2) is 5.43. The molecule has 0 atom stereocenters. The third-order valence-electron chi connectivity index (χ3n) is 2.25. The maximum Gasteiger partial charge on any atom is -0.0231 e. The van der Waals surface area contributed by atoms with Crippen LogP contribution in [0.3, 0.4) is 0 Å². The van der Waals surface area contributed by atoms with Gasteiger partial charge in [0.15, 0.2) is 0 Å². The van der Waals surface area contributed by atoms with Gasteiger partial charge in [-0.2, -0.15) is 0 Å². The lowest BCUT2D eigenvalue weighted by Gasteiger charge is -2.01. The zero-order chi connectivity index (χ0) is 10.4. The summed E-state index contributed by atoms with van der Waals surface area (Å²) in [6, 6.07) is 10.5. The number of benzene rings is 1. The van der Waals surface area contributed by atoms with Gasteiger partial charge in [0, 0.05) is 0 Å². The smallest absolute Gasteiger partial charge is 0.0231 e. The Morgan fingerprint density at radius 1 is 1.21 bits per heavy atom. The average molecular weight is 186 g/mol. The van der Waals surface area contributed by atoms with Gasteiger partial charge in [0.25, 0.3) is 0 Å². The highest BCUT2D eigenvalue weighted by molar-refractivity contribution is 5.63. The molecule has 1 aromatic rings. The minimum atomic E-state index is 1.09. The second-order valence-electron chi connectivity index (χ2n) is 3.75. The Labute approximate surface area is 87.0 Å². The van der Waals surface area contributed by atoms with Crippen molar-refractivity contribution in [3.63, 3.8) is 0 Å². The van der Waals surface area contributed by atoms with Gasteiger partial charge in [-0.25, -0.2) is 0 Å². The van der Waals surface area contributed by atoms with Crippen molar-refractivity contribution in [2.45, 2.75) is 26.7 Å². The quantitative estimate of drug-likeness (QED) is 0.609. The molecule has 14 heavy (non-hydrogen) atoms. The predicted octanol–water partition coefficient (Wildman–Crippen LogP) is 4.45. The summed E-state index contributed by atoms with van der Waals surface area (Å²) in [6.45, 7) is 8.13. The van der Waals surface area contributed by atoms with E-state index in [-0.39, 0.29) is 0 Å². The lowest BCUT2D eigenvalue weighted by molar-refractivity contribution is 0.984. The van der Waals surface area contributed by atoms with E-state index in [0.29, 0.717) is 0 Å². The van der Waals surface area contributed by atoms with E-state index in [4.69, 9.17) is 0 Å². The molecule has 1 aromatic carbocycles. The van der Waals surface area contributed by atoms with Crippen LogP contribution in [-0.2, 0) is 0 Å². The van der Waals surface area contributed by atoms with Gasteiger partial charge in [0.05, 0.1) is 0 Å². The molecule has 0 saturated heterocycles. The van der Waals surface area contributed by atoms with Crippen LogP contribution >= 0.6 is 0 Å². The predicted molar refractivity (Wildman–Crippen MR) is 64.1 cm³/mol. The number of allylic oxidation sites excluding steroid dienone is 3. The van der Waals surface area contributed by atoms with Crippen LogP contribution in [0.4, 0.5) is 0 Å². The van der Waals surface area contributed by atoms with E-state index in [2.05, 4.69) is 50.8 Å². The van der Waals surface area contributed by atoms with E-state index in [1.54, 1.807) is 0 Å². The van der Waals surface area contributed by atoms with Crippen LogP contribution in [0.15, 0.2) is 48.6 Å². The molecule has 0 aliphatic rings. The molecule has 0 heteroatoms. The van der Waals surface area contributed by atoms with Crippen LogP contribution in [-0.4, -0.2) is 0 Å². The van der Waals surface area contributed by atoms with Crippen molar-refractivity contribution >= 4 is 5.57 Å². The third-order valence-corrected chi connectivity index (χ3v) is 2.25. The van der Waals surface area contributed by atoms with Gasteiger partial charge in [-0.1, -0.05) is 42.0 Å². The van der Waals surface area contributed by atoms with Gasteiger partial charge in [-0.15, -0.1) is 6.58 Å². The lowest BCUT2D eigenvalue weighted by Crippen LogP contribution is -1.79. The molecule has 0 aromatic heterocycles. The Bertz CT molecular complexity index is 317. The Morgan fingerprint density at radius 3 is 2.43 bits per heavy atom. The fourth-order valence-corrected chi connectivity index (χ4v) is 1.35. The van der Waals surface area contributed by atoms with Crippen molar-refractivity contribution in [3.05, 3.63) is 54.1 Å². The summed E-state index contributed by atoms with van der Waals surface area (Å²) in [5.74, 6) is 0. The van der Waals surface area contributed by atoms with E-state index < -0.39 is 0 Å². The number of hydrogen-bond donors (Lipinski definition) is 0. The van der Waals surface area contributed by atoms with E-state index in [1.165, 1.54) is 16.7 Å². The molecule has 0 aliphatic heterocycles. The molecule has 0 N–H and O–H groups in total. The first-order valence-electron chi connectivity index (χ1n) is 5.06. The second-order valence-corrected chi connectivity index (χ2v) is 3.75. The fraction of sp³-hybridized carbons (Fsp3) is 0.286. The normalized spacial score (nSPS) is 11.4. The Hall–Kier alpha value is -1.30. The molecular weight excluding hydrogens is 168 g/mol. The molecule has 0 bridgehead atoms. The molecule has 0 heterocycles. The highest BCUT2D eigenvalue weighted by Crippen LogP contribution is 2.14. The Kier molecular flexibility index (Phi) is 4.18. The van der Waals surface area contributed by atoms with Crippen molar-refractivity contribution in [1.82, 2.24) is 0 Å². The highest BCUT2D eigenvalue weighted by atomic mass is 14.0. The highest BCUT2D eigenvalue weighted by Gasteiger charge is 1.92. The lowest BCUT2D eigenvalue weighted by atomic mass is 10.1. The molecule has 1 rings (SSSR count). The molecule has 0 saturated carbocycles. The molecule has 0 radical (unpaired) electrons. The summed E-state index contributed by atoms with van der Waals surface area (Å²) in [7, 11) is 0. The molecule has 0 aliphatic carbocycles. The molecular formula is C14H18. The summed E-state index contributed by atoms with van der Waals surface area (Å²) in [5.41, 5.74) is 3.92. The van der Waals surface area contributed by atoms with Crippen molar-refractivity contribution in [3.8, 4) is 0 Å². The first-order valence-corrected chi connectivity index (χ1v) is 5.06. The van der Waals surface area contributed by atoms with Gasteiger partial charge in [-0.3, -0.25) is 0 Å². The van der Waals surface area contributed by atoms with Crippen LogP contribution in [0.5, 0.6) is 0 Å². The molecule has 0 unspecified atom stereocenters. The van der Waals surface area contributed by atoms with Gasteiger partial charge in [0.1, 0.15) is 0 Å². The van der Waals surface area contributed by atoms with Gasteiger partial charge in [-0.05, 0) is 37.8 Å². The monoisotopic (exact) mass is 186 g/mol. The molecule has 0 nitrogen and oxygen atoms in total. The first-order chi connectivity index (χ1) is 6.70. The maximum absolute atomic E-state index is 3.90. The van der Waals surface area contributed by atoms with Crippen LogP contribution in [0.1, 0.15) is 32.3 Å². The summed E-state index contributed by atoms with van der Waals surface area (Å²) >= 11 is 0. The van der Waals surface area contributed by atoms with E-state index in [0.717, 1.165) is 12.8 Å². The Morgan fingerprint density at radius 2 is 1.86 bits per heavy atom. The van der Waals surface area contributed by atoms with Crippen molar-refractivity contribution in [1.29, 1.82) is 0 Å². The summed E-state index contributed by atoms with van der Waals surface area (Å²) < 4.78 is 0. The summed E-state index contributed by atoms with van der Waals surface area (Å²) in [6.07, 6.45) is 4.46. The van der Waals surface area contributed by atoms with Crippen molar-refractivity contribution in [2.75, 3.05) is 0 Å². The minimum Gasteiger partial charge on any atom is -0.100 e. The summed E-state index contributed by atoms with van der Waals surface area (Å²) in [5, 5.41) is 0. The van der Waals surface area contributed by atoms with Gasteiger partial charge in [0.2, 0.25) is 0 Å². The number of rotatable bonds is 4. The molecule has 0 fully saturated rings. The molecule has 0 amide bonds. The topological polar surface area (TPSA) is 0 Å². The fourth-order valence-electron chi connectivity index (χ4n) is 1.35. The first kappa shape index (κ1) is 10.8. The van der Waals surface area contributed by atoms with E-state index in [1.807, 2.05) is 6.07 Å². The van der Waals surface area contributed by atoms with Crippen molar-refractivity contribution in [2.24, 2.45) is 0 Å². The third kappa shape index (κ3) is 3.61. The minimum absolute atomic E-state index is 1.09. The zero-order valence-electron chi connectivity index (χ0n) is 9.09. The largest absolute Gasteiger partial charge is 0.100 e. The van der Waals surface area contributed by atoms with Gasteiger partial charge < -0.3 is 0 Å². The number of hydrogen-bond acceptors (Lipinski definition) is 0. The van der Waals surface area contributed by atoms with Crippen molar-refractivity contribution < 1.29 is 0 Å². The zero-order valence-corrected chi connectivity index (χ0v) is 9.09. The average Bonchev–Trinajstić information content (AvgIpc) is 2.18. The van der Waals surface area contributed by atoms with E-state index >= 15 is 0 Å². The maximum atomic E-state index is 3.90. The Balaban J connectivity index is 2.57. The van der Waals surface area contributed by atoms with Crippen LogP contribution in [0.2, 0.25) is 0 Å². The standard InChI is InChI=1S/C14H18/c1-12(2)8-7-9-13(3)14-10-5-4-6-11-14/h4-6,9-11H,1,7-8H2,2-3H3/b13-9+. The van der Waals surface area contributed by atoms with Crippen LogP contribution < -0.4 is 0 Å². The molecule has 0 spiro atoms. The SMILES string of the molecule is C=C(C)CC/C=C(\C)c1ccccc1. The molecule has 74 valence electrons. The van der Waals surface area contributed by atoms with Crippen LogP contribution in [0, 0.1) is 0 Å². The summed E-state index contributed by atoms with van der Waals surface area (Å²) in [4.78, 5) is 0. The van der Waals surface area contributed by atoms with Crippen LogP contribution in [0.25, 0.3) is 5.57 Å².